The van der Waals surface area contributed by atoms with Gasteiger partial charge >= 0.3 is 5.97 Å². The van der Waals surface area contributed by atoms with Crippen LogP contribution in [0.3, 0.4) is 0 Å². The van der Waals surface area contributed by atoms with Crippen LogP contribution in [0.5, 0.6) is 0 Å². The molecule has 23 heavy (non-hydrogen) atoms. The summed E-state index contributed by atoms with van der Waals surface area (Å²) in [5.41, 5.74) is 0.0378. The normalized spacial score (nSPS) is 28.8. The fraction of sp³-hybridized carbons (Fsp3) is 0.600. The minimum atomic E-state index is -3.35. The molecule has 8 heteroatoms. The first-order valence-electron chi connectivity index (χ1n) is 7.70. The maximum atomic E-state index is 12.1. The van der Waals surface area contributed by atoms with Crippen LogP contribution in [0.2, 0.25) is 0 Å². The van der Waals surface area contributed by atoms with Crippen molar-refractivity contribution in [1.82, 2.24) is 14.2 Å². The Bertz CT molecular complexity index is 694. The highest BCUT2D eigenvalue weighted by Crippen LogP contribution is 2.44. The van der Waals surface area contributed by atoms with E-state index in [1.165, 1.54) is 4.31 Å². The number of rotatable bonds is 5. The summed E-state index contributed by atoms with van der Waals surface area (Å²) >= 11 is 0. The molecule has 126 valence electrons. The number of sulfonamides is 1. The number of carbonyl (C=O) groups is 1. The molecular formula is C15H21N3O4S. The molecular weight excluding hydrogens is 318 g/mol. The van der Waals surface area contributed by atoms with Crippen molar-refractivity contribution >= 4 is 16.0 Å². The van der Waals surface area contributed by atoms with Gasteiger partial charge in [-0.2, -0.15) is 0 Å². The van der Waals surface area contributed by atoms with E-state index >= 15 is 0 Å². The molecule has 2 aliphatic rings. The quantitative estimate of drug-likeness (QED) is 0.827. The number of carboxylic acids is 1. The van der Waals surface area contributed by atoms with Gasteiger partial charge in [0.05, 0.1) is 11.2 Å². The number of carboxylic acid groups (broad SMARTS) is 1. The van der Waals surface area contributed by atoms with E-state index in [4.69, 9.17) is 0 Å². The van der Waals surface area contributed by atoms with Crippen LogP contribution in [-0.4, -0.2) is 65.6 Å². The minimum Gasteiger partial charge on any atom is -0.481 e. The third-order valence-electron chi connectivity index (χ3n) is 4.96. The smallest absolute Gasteiger partial charge is 0.312 e. The van der Waals surface area contributed by atoms with Crippen LogP contribution in [0.4, 0.5) is 0 Å². The van der Waals surface area contributed by atoms with Crippen molar-refractivity contribution in [2.45, 2.75) is 13.5 Å². The highest BCUT2D eigenvalue weighted by atomic mass is 32.2. The molecule has 0 bridgehead atoms. The fourth-order valence-electron chi connectivity index (χ4n) is 3.69. The number of likely N-dealkylation sites (tertiary alicyclic amines) is 1. The number of nitrogens with zero attached hydrogens (tertiary/aromatic N) is 3. The second kappa shape index (κ2) is 5.85. The van der Waals surface area contributed by atoms with E-state index in [0.717, 1.165) is 5.56 Å². The zero-order valence-electron chi connectivity index (χ0n) is 13.1. The molecule has 1 aromatic rings. The van der Waals surface area contributed by atoms with Crippen molar-refractivity contribution in [3.05, 3.63) is 30.1 Å². The van der Waals surface area contributed by atoms with Crippen LogP contribution in [0.25, 0.3) is 0 Å². The molecule has 0 unspecified atom stereocenters. The van der Waals surface area contributed by atoms with Gasteiger partial charge in [-0.1, -0.05) is 6.07 Å². The third kappa shape index (κ3) is 2.86. The van der Waals surface area contributed by atoms with Crippen LogP contribution in [0.15, 0.2) is 24.5 Å². The molecule has 0 saturated carbocycles. The summed E-state index contributed by atoms with van der Waals surface area (Å²) in [6.45, 7) is 3.57. The van der Waals surface area contributed by atoms with Gasteiger partial charge in [-0.15, -0.1) is 0 Å². The van der Waals surface area contributed by atoms with Crippen molar-refractivity contribution < 1.29 is 18.3 Å². The van der Waals surface area contributed by atoms with Crippen LogP contribution in [0, 0.1) is 11.3 Å². The van der Waals surface area contributed by atoms with E-state index in [-0.39, 0.29) is 18.2 Å². The Hall–Kier alpha value is -1.51. The fourth-order valence-corrected chi connectivity index (χ4v) is 4.89. The Kier molecular flexibility index (Phi) is 4.16. The topological polar surface area (TPSA) is 90.8 Å². The zero-order valence-corrected chi connectivity index (χ0v) is 13.9. The molecule has 1 aromatic heterocycles. The average Bonchev–Trinajstić information content (AvgIpc) is 3.03. The summed E-state index contributed by atoms with van der Waals surface area (Å²) in [6, 6.07) is 3.82. The van der Waals surface area contributed by atoms with Gasteiger partial charge < -0.3 is 5.11 Å². The van der Waals surface area contributed by atoms with Gasteiger partial charge in [0, 0.05) is 51.0 Å². The molecule has 0 aromatic carbocycles. The molecule has 7 nitrogen and oxygen atoms in total. The van der Waals surface area contributed by atoms with E-state index in [0.29, 0.717) is 26.2 Å². The molecule has 0 aliphatic carbocycles. The maximum Gasteiger partial charge on any atom is 0.312 e. The highest BCUT2D eigenvalue weighted by Gasteiger charge is 2.59. The Morgan fingerprint density at radius 2 is 2.22 bits per heavy atom. The molecule has 1 N–H and O–H groups in total. The average molecular weight is 339 g/mol. The van der Waals surface area contributed by atoms with E-state index in [2.05, 4.69) is 9.88 Å². The van der Waals surface area contributed by atoms with Crippen molar-refractivity contribution in [1.29, 1.82) is 0 Å². The summed E-state index contributed by atoms with van der Waals surface area (Å²) in [5, 5.41) is 9.75. The monoisotopic (exact) mass is 339 g/mol. The first-order valence-corrected chi connectivity index (χ1v) is 9.31. The number of hydrogen-bond acceptors (Lipinski definition) is 5. The number of aromatic nitrogens is 1. The lowest BCUT2D eigenvalue weighted by Gasteiger charge is -2.25. The molecule has 3 heterocycles. The van der Waals surface area contributed by atoms with E-state index in [1.807, 2.05) is 12.1 Å². The predicted molar refractivity (Wildman–Crippen MR) is 84.1 cm³/mol. The summed E-state index contributed by atoms with van der Waals surface area (Å²) in [4.78, 5) is 18.1. The first kappa shape index (κ1) is 16.4. The summed E-state index contributed by atoms with van der Waals surface area (Å²) in [7, 11) is -3.35. The van der Waals surface area contributed by atoms with Gasteiger partial charge in [0.15, 0.2) is 0 Å². The van der Waals surface area contributed by atoms with E-state index in [9.17, 15) is 18.3 Å². The van der Waals surface area contributed by atoms with Crippen molar-refractivity contribution in [2.75, 3.05) is 31.9 Å². The van der Waals surface area contributed by atoms with Crippen molar-refractivity contribution in [3.63, 3.8) is 0 Å². The second-order valence-corrected chi connectivity index (χ2v) is 8.64. The maximum absolute atomic E-state index is 12.1. The number of hydrogen-bond donors (Lipinski definition) is 1. The zero-order chi connectivity index (χ0) is 16.7. The molecule has 0 amide bonds. The van der Waals surface area contributed by atoms with Crippen LogP contribution in [-0.2, 0) is 21.4 Å². The number of aliphatic carboxylic acids is 1. The lowest BCUT2D eigenvalue weighted by atomic mass is 9.81. The molecule has 2 fully saturated rings. The third-order valence-corrected chi connectivity index (χ3v) is 6.76. The van der Waals surface area contributed by atoms with Crippen molar-refractivity contribution in [3.8, 4) is 0 Å². The minimum absolute atomic E-state index is 0.00875. The van der Waals surface area contributed by atoms with Crippen LogP contribution >= 0.6 is 0 Å². The number of fused-ring (bicyclic) bond motifs is 1. The lowest BCUT2D eigenvalue weighted by molar-refractivity contribution is -0.148. The predicted octanol–water partition coefficient (Wildman–Crippen LogP) is 0.250. The van der Waals surface area contributed by atoms with Crippen LogP contribution in [0.1, 0.15) is 12.5 Å². The Labute approximate surface area is 136 Å². The molecule has 2 atom stereocenters. The van der Waals surface area contributed by atoms with Crippen LogP contribution < -0.4 is 0 Å². The van der Waals surface area contributed by atoms with Gasteiger partial charge in [0.25, 0.3) is 0 Å². The van der Waals surface area contributed by atoms with Gasteiger partial charge in [0.2, 0.25) is 10.0 Å². The van der Waals surface area contributed by atoms with Gasteiger partial charge in [-0.25, -0.2) is 12.7 Å². The van der Waals surface area contributed by atoms with Gasteiger partial charge in [-0.05, 0) is 18.6 Å². The van der Waals surface area contributed by atoms with Gasteiger partial charge in [-0.3, -0.25) is 14.7 Å². The standard InChI is InChI=1S/C15H21N3O4S/c1-2-23(21,22)18-9-13-8-17(7-12-4-3-5-16-6-12)10-15(13,11-18)14(19)20/h3-6,13H,2,7-11H2,1H3,(H,19,20)/t13-,15-/m0/s1. The molecule has 0 radical (unpaired) electrons. The molecule has 2 aliphatic heterocycles. The summed E-state index contributed by atoms with van der Waals surface area (Å²) in [5.74, 6) is -1.06. The molecule has 0 spiro atoms. The van der Waals surface area contributed by atoms with E-state index < -0.39 is 21.4 Å². The van der Waals surface area contributed by atoms with E-state index in [1.54, 1.807) is 19.3 Å². The number of pyridine rings is 1. The Morgan fingerprint density at radius 3 is 2.78 bits per heavy atom. The lowest BCUT2D eigenvalue weighted by Crippen LogP contribution is -2.42. The first-order chi connectivity index (χ1) is 10.9. The SMILES string of the molecule is CCS(=O)(=O)N1C[C@@H]2CN(Cc3cccnc3)C[C@]2(C(=O)O)C1. The largest absolute Gasteiger partial charge is 0.481 e. The van der Waals surface area contributed by atoms with Crippen molar-refractivity contribution in [2.24, 2.45) is 11.3 Å². The Balaban J connectivity index is 1.78. The van der Waals surface area contributed by atoms with Gasteiger partial charge in [0.1, 0.15) is 0 Å². The summed E-state index contributed by atoms with van der Waals surface area (Å²) in [6.07, 6.45) is 3.48. The second-order valence-electron chi connectivity index (χ2n) is 6.38. The summed E-state index contributed by atoms with van der Waals surface area (Å²) < 4.78 is 25.5. The molecule has 3 rings (SSSR count). The Morgan fingerprint density at radius 1 is 1.43 bits per heavy atom. The highest BCUT2D eigenvalue weighted by molar-refractivity contribution is 7.89. The molecule has 2 saturated heterocycles.